The van der Waals surface area contributed by atoms with Crippen molar-refractivity contribution in [2.45, 2.75) is 6.42 Å². The van der Waals surface area contributed by atoms with Crippen molar-refractivity contribution in [2.24, 2.45) is 0 Å². The summed E-state index contributed by atoms with van der Waals surface area (Å²) in [4.78, 5) is 22.5. The summed E-state index contributed by atoms with van der Waals surface area (Å²) in [6.07, 6.45) is 5.17. The van der Waals surface area contributed by atoms with Crippen LogP contribution in [0.1, 0.15) is 32.7 Å². The summed E-state index contributed by atoms with van der Waals surface area (Å²) in [7, 11) is 0. The van der Waals surface area contributed by atoms with Gasteiger partial charge in [0.15, 0.2) is 11.6 Å². The second-order valence-electron chi connectivity index (χ2n) is 2.93. The van der Waals surface area contributed by atoms with Crippen LogP contribution in [0.15, 0.2) is 18.2 Å². The third-order valence-corrected chi connectivity index (χ3v) is 2.11. The van der Waals surface area contributed by atoms with Crippen LogP contribution in [0.4, 0.5) is 0 Å². The predicted molar refractivity (Wildman–Crippen MR) is 47.7 cm³/mol. The third kappa shape index (κ3) is 1.06. The van der Waals surface area contributed by atoms with E-state index in [9.17, 15) is 9.59 Å². The summed E-state index contributed by atoms with van der Waals surface area (Å²) in [5, 5.41) is 0. The Kier molecular flexibility index (Phi) is 1.53. The van der Waals surface area contributed by atoms with E-state index >= 15 is 0 Å². The van der Waals surface area contributed by atoms with Gasteiger partial charge >= 0.3 is 0 Å². The number of Topliss-reactive ketones (excluding diaryl/α,β-unsaturated/α-hetero) is 2. The number of hydrogen-bond acceptors (Lipinski definition) is 2. The number of fused-ring (bicyclic) bond motifs is 1. The van der Waals surface area contributed by atoms with Crippen molar-refractivity contribution in [2.75, 3.05) is 0 Å². The van der Waals surface area contributed by atoms with Gasteiger partial charge in [-0.1, -0.05) is 5.92 Å². The molecule has 0 saturated heterocycles. The van der Waals surface area contributed by atoms with Gasteiger partial charge in [-0.2, -0.15) is 0 Å². The van der Waals surface area contributed by atoms with Gasteiger partial charge in [0.2, 0.25) is 0 Å². The molecule has 62 valence electrons. The van der Waals surface area contributed by atoms with E-state index in [4.69, 9.17) is 6.42 Å². The molecule has 13 heavy (non-hydrogen) atoms. The van der Waals surface area contributed by atoms with Crippen molar-refractivity contribution in [3.8, 4) is 12.3 Å². The SMILES string of the molecule is C#Cc1ccc2c(c1)C(=O)CC2=O. The van der Waals surface area contributed by atoms with Crippen molar-refractivity contribution in [1.29, 1.82) is 0 Å². The van der Waals surface area contributed by atoms with Gasteiger partial charge < -0.3 is 0 Å². The zero-order valence-corrected chi connectivity index (χ0v) is 6.83. The molecule has 0 unspecified atom stereocenters. The smallest absolute Gasteiger partial charge is 0.171 e. The summed E-state index contributed by atoms with van der Waals surface area (Å²) < 4.78 is 0. The normalized spacial score (nSPS) is 14.1. The number of benzene rings is 1. The van der Waals surface area contributed by atoms with Gasteiger partial charge in [0, 0.05) is 16.7 Å². The molecular weight excluding hydrogens is 164 g/mol. The lowest BCUT2D eigenvalue weighted by Gasteiger charge is -1.95. The average molecular weight is 170 g/mol. The lowest BCUT2D eigenvalue weighted by atomic mass is 10.1. The number of carbonyl (C=O) groups excluding carboxylic acids is 2. The Bertz CT molecular complexity index is 450. The van der Waals surface area contributed by atoms with E-state index in [0.717, 1.165) is 0 Å². The molecule has 1 aromatic carbocycles. The van der Waals surface area contributed by atoms with Crippen LogP contribution in [0.25, 0.3) is 0 Å². The van der Waals surface area contributed by atoms with Crippen LogP contribution in [-0.4, -0.2) is 11.6 Å². The Morgan fingerprint density at radius 3 is 2.54 bits per heavy atom. The highest BCUT2D eigenvalue weighted by Gasteiger charge is 2.26. The van der Waals surface area contributed by atoms with E-state index in [-0.39, 0.29) is 18.0 Å². The second kappa shape index (κ2) is 2.56. The van der Waals surface area contributed by atoms with Gasteiger partial charge in [0.05, 0.1) is 6.42 Å². The van der Waals surface area contributed by atoms with Crippen LogP contribution in [0, 0.1) is 12.3 Å². The number of ketones is 2. The van der Waals surface area contributed by atoms with E-state index in [2.05, 4.69) is 5.92 Å². The Balaban J connectivity index is 2.67. The fourth-order valence-corrected chi connectivity index (χ4v) is 1.44. The second-order valence-corrected chi connectivity index (χ2v) is 2.93. The number of hydrogen-bond donors (Lipinski definition) is 0. The maximum absolute atomic E-state index is 11.3. The molecule has 0 atom stereocenters. The minimum absolute atomic E-state index is 0.0106. The molecule has 0 aliphatic heterocycles. The van der Waals surface area contributed by atoms with Gasteiger partial charge in [-0.05, 0) is 18.2 Å². The molecule has 2 rings (SSSR count). The molecule has 0 spiro atoms. The maximum Gasteiger partial charge on any atom is 0.171 e. The fourth-order valence-electron chi connectivity index (χ4n) is 1.44. The largest absolute Gasteiger partial charge is 0.294 e. The maximum atomic E-state index is 11.3. The molecule has 0 N–H and O–H groups in total. The van der Waals surface area contributed by atoms with Crippen molar-refractivity contribution < 1.29 is 9.59 Å². The summed E-state index contributed by atoms with van der Waals surface area (Å²) >= 11 is 0. The monoisotopic (exact) mass is 170 g/mol. The number of terminal acetylenes is 1. The van der Waals surface area contributed by atoms with Gasteiger partial charge in [0.1, 0.15) is 0 Å². The van der Waals surface area contributed by atoms with E-state index in [1.54, 1.807) is 18.2 Å². The number of rotatable bonds is 0. The van der Waals surface area contributed by atoms with Crippen molar-refractivity contribution >= 4 is 11.6 Å². The van der Waals surface area contributed by atoms with Crippen LogP contribution >= 0.6 is 0 Å². The fraction of sp³-hybridized carbons (Fsp3) is 0.0909. The van der Waals surface area contributed by atoms with Gasteiger partial charge in [-0.3, -0.25) is 9.59 Å². The van der Waals surface area contributed by atoms with Gasteiger partial charge in [-0.15, -0.1) is 6.42 Å². The molecule has 0 bridgehead atoms. The Morgan fingerprint density at radius 2 is 1.85 bits per heavy atom. The Morgan fingerprint density at radius 1 is 1.15 bits per heavy atom. The standard InChI is InChI=1S/C11H6O2/c1-2-7-3-4-8-9(5-7)11(13)6-10(8)12/h1,3-5H,6H2. The first kappa shape index (κ1) is 7.75. The molecule has 1 aromatic rings. The molecule has 0 saturated carbocycles. The first-order valence-corrected chi connectivity index (χ1v) is 3.89. The summed E-state index contributed by atoms with van der Waals surface area (Å²) in [5.74, 6) is 2.19. The molecule has 1 aliphatic rings. The highest BCUT2D eigenvalue weighted by Crippen LogP contribution is 2.22. The molecule has 2 nitrogen and oxygen atoms in total. The first-order chi connectivity index (χ1) is 6.22. The van der Waals surface area contributed by atoms with E-state index in [0.29, 0.717) is 16.7 Å². The average Bonchev–Trinajstić information content (AvgIpc) is 2.42. The quantitative estimate of drug-likeness (QED) is 0.436. The molecule has 0 amide bonds. The minimum atomic E-state index is -0.128. The summed E-state index contributed by atoms with van der Waals surface area (Å²) in [5.41, 5.74) is 1.62. The Labute approximate surface area is 75.6 Å². The lowest BCUT2D eigenvalue weighted by molar-refractivity contribution is 0.0923. The lowest BCUT2D eigenvalue weighted by Crippen LogP contribution is -1.91. The van der Waals surface area contributed by atoms with Crippen molar-refractivity contribution in [3.05, 3.63) is 34.9 Å². The minimum Gasteiger partial charge on any atom is -0.294 e. The highest BCUT2D eigenvalue weighted by atomic mass is 16.2. The molecule has 0 aromatic heterocycles. The van der Waals surface area contributed by atoms with E-state index in [1.165, 1.54) is 0 Å². The first-order valence-electron chi connectivity index (χ1n) is 3.89. The summed E-state index contributed by atoms with van der Waals surface area (Å²) in [6, 6.07) is 4.90. The zero-order valence-electron chi connectivity index (χ0n) is 6.83. The zero-order chi connectivity index (χ0) is 9.42. The van der Waals surface area contributed by atoms with E-state index in [1.807, 2.05) is 0 Å². The predicted octanol–water partition coefficient (Wildman–Crippen LogP) is 1.44. The van der Waals surface area contributed by atoms with Gasteiger partial charge in [0.25, 0.3) is 0 Å². The molecule has 0 heterocycles. The Hall–Kier alpha value is -1.88. The molecule has 2 heteroatoms. The van der Waals surface area contributed by atoms with Gasteiger partial charge in [-0.25, -0.2) is 0 Å². The molecular formula is C11H6O2. The van der Waals surface area contributed by atoms with Crippen molar-refractivity contribution in [1.82, 2.24) is 0 Å². The highest BCUT2D eigenvalue weighted by molar-refractivity contribution is 6.24. The molecule has 1 aliphatic carbocycles. The van der Waals surface area contributed by atoms with Crippen LogP contribution in [0.3, 0.4) is 0 Å². The number of carbonyl (C=O) groups is 2. The van der Waals surface area contributed by atoms with Crippen LogP contribution in [0.2, 0.25) is 0 Å². The van der Waals surface area contributed by atoms with Crippen LogP contribution in [-0.2, 0) is 0 Å². The molecule has 0 fully saturated rings. The van der Waals surface area contributed by atoms with Crippen molar-refractivity contribution in [3.63, 3.8) is 0 Å². The molecule has 0 radical (unpaired) electrons. The van der Waals surface area contributed by atoms with E-state index < -0.39 is 0 Å². The third-order valence-electron chi connectivity index (χ3n) is 2.11. The van der Waals surface area contributed by atoms with Crippen LogP contribution in [0.5, 0.6) is 0 Å². The topological polar surface area (TPSA) is 34.1 Å². The summed E-state index contributed by atoms with van der Waals surface area (Å²) in [6.45, 7) is 0. The van der Waals surface area contributed by atoms with Crippen LogP contribution < -0.4 is 0 Å².